The molecule has 43 heavy (non-hydrogen) atoms. The van der Waals surface area contributed by atoms with E-state index in [1.807, 2.05) is 6.07 Å². The molecule has 0 bridgehead atoms. The number of hydrogen-bond acceptors (Lipinski definition) is 7. The lowest BCUT2D eigenvalue weighted by Gasteiger charge is -2.33. The van der Waals surface area contributed by atoms with Crippen molar-refractivity contribution < 1.29 is 46.2 Å². The Balaban J connectivity index is 2.31. The number of benzene rings is 2. The van der Waals surface area contributed by atoms with E-state index in [-0.39, 0.29) is 12.0 Å². The van der Waals surface area contributed by atoms with Crippen molar-refractivity contribution in [2.75, 3.05) is 13.7 Å². The molecule has 0 aliphatic heterocycles. The molecule has 3 amide bonds. The van der Waals surface area contributed by atoms with Gasteiger partial charge in [0.1, 0.15) is 24.4 Å². The van der Waals surface area contributed by atoms with Gasteiger partial charge in [0.25, 0.3) is 5.91 Å². The number of aliphatic hydroxyl groups is 1. The lowest BCUT2D eigenvalue weighted by Crippen LogP contribution is -2.60. The Morgan fingerprint density at radius 1 is 1.02 bits per heavy atom. The number of nitriles is 1. The van der Waals surface area contributed by atoms with Crippen LogP contribution in [0.2, 0.25) is 0 Å². The highest BCUT2D eigenvalue weighted by molar-refractivity contribution is 5.91. The highest BCUT2D eigenvalue weighted by Crippen LogP contribution is 2.27. The van der Waals surface area contributed by atoms with E-state index >= 15 is 0 Å². The van der Waals surface area contributed by atoms with Gasteiger partial charge in [-0.15, -0.1) is 0 Å². The third kappa shape index (κ3) is 9.90. The molecule has 4 atom stereocenters. The first-order valence-corrected chi connectivity index (χ1v) is 12.9. The Morgan fingerprint density at radius 2 is 1.65 bits per heavy atom. The van der Waals surface area contributed by atoms with Crippen LogP contribution in [0, 0.1) is 17.2 Å². The minimum absolute atomic E-state index is 0.0229. The van der Waals surface area contributed by atoms with Gasteiger partial charge in [-0.25, -0.2) is 0 Å². The second-order valence-electron chi connectivity index (χ2n) is 9.98. The molecule has 6 N–H and O–H groups in total. The number of halogens is 5. The molecule has 0 saturated carbocycles. The molecule has 2 aromatic rings. The van der Waals surface area contributed by atoms with E-state index in [0.29, 0.717) is 16.9 Å². The first-order valence-electron chi connectivity index (χ1n) is 12.9. The van der Waals surface area contributed by atoms with E-state index in [2.05, 4.69) is 10.6 Å². The van der Waals surface area contributed by atoms with Crippen LogP contribution in [0.5, 0.6) is 5.75 Å². The van der Waals surface area contributed by atoms with Gasteiger partial charge in [0.2, 0.25) is 11.8 Å². The van der Waals surface area contributed by atoms with Crippen LogP contribution < -0.4 is 26.4 Å². The molecule has 2 aromatic carbocycles. The molecule has 0 radical (unpaired) electrons. The minimum Gasteiger partial charge on any atom is -0.497 e. The Labute approximate surface area is 244 Å². The Bertz CT molecular complexity index is 1310. The number of carbonyl (C=O) groups excluding carboxylic acids is 3. The lowest BCUT2D eigenvalue weighted by molar-refractivity contribution is -0.175. The number of ether oxygens (including phenoxy) is 1. The number of alkyl halides is 5. The van der Waals surface area contributed by atoms with Crippen LogP contribution in [0.15, 0.2) is 48.5 Å². The number of aliphatic hydroxyl groups excluding tert-OH is 1. The smallest absolute Gasteiger partial charge is 0.405 e. The van der Waals surface area contributed by atoms with Crippen molar-refractivity contribution in [2.45, 2.75) is 56.6 Å². The van der Waals surface area contributed by atoms with Crippen molar-refractivity contribution in [1.29, 1.82) is 5.26 Å². The van der Waals surface area contributed by atoms with E-state index in [1.165, 1.54) is 51.3 Å². The molecule has 234 valence electrons. The van der Waals surface area contributed by atoms with Crippen LogP contribution in [0.4, 0.5) is 22.0 Å². The number of rotatable bonds is 13. The number of methoxy groups -OCH3 is 1. The van der Waals surface area contributed by atoms with Gasteiger partial charge in [-0.2, -0.15) is 27.2 Å². The van der Waals surface area contributed by atoms with E-state index in [9.17, 15) is 41.4 Å². The maximum atomic E-state index is 14.7. The summed E-state index contributed by atoms with van der Waals surface area (Å²) >= 11 is 0. The molecule has 0 aliphatic carbocycles. The number of carbonyl (C=O) groups is 3. The summed E-state index contributed by atoms with van der Waals surface area (Å²) in [5.74, 6) is -9.58. The second-order valence-corrected chi connectivity index (χ2v) is 9.98. The summed E-state index contributed by atoms with van der Waals surface area (Å²) in [5, 5.41) is 25.2. The van der Waals surface area contributed by atoms with E-state index in [0.717, 1.165) is 5.32 Å². The van der Waals surface area contributed by atoms with Crippen molar-refractivity contribution in [2.24, 2.45) is 11.7 Å². The summed E-state index contributed by atoms with van der Waals surface area (Å²) in [6, 6.07) is 9.42. The normalized spacial score (nSPS) is 14.6. The number of nitrogens with zero attached hydrogens (tertiary/aromatic N) is 1. The summed E-state index contributed by atoms with van der Waals surface area (Å²) in [6.45, 7) is 0.591. The molecule has 0 aromatic heterocycles. The SMILES string of the molecule is COc1ccc(C(NC(=O)C(N)Cc2cccc(C#N)c2)C(=O)NC(C(C)C)C(O)C(F)(F)C(=O)NCC(F)(F)F)cc1. The average Bonchev–Trinajstić information content (AvgIpc) is 2.96. The first-order chi connectivity index (χ1) is 20.0. The molecular weight excluding hydrogens is 581 g/mol. The largest absolute Gasteiger partial charge is 0.497 e. The fourth-order valence-corrected chi connectivity index (χ4v) is 3.98. The Hall–Kier alpha value is -4.29. The van der Waals surface area contributed by atoms with Gasteiger partial charge in [0.15, 0.2) is 0 Å². The zero-order valence-electron chi connectivity index (χ0n) is 23.4. The predicted molar refractivity (Wildman–Crippen MR) is 144 cm³/mol. The average molecular weight is 614 g/mol. The van der Waals surface area contributed by atoms with Crippen LogP contribution in [0.3, 0.4) is 0 Å². The molecule has 0 fully saturated rings. The van der Waals surface area contributed by atoms with Crippen LogP contribution in [-0.4, -0.2) is 66.8 Å². The molecule has 2 rings (SSSR count). The van der Waals surface area contributed by atoms with Crippen molar-refractivity contribution >= 4 is 17.7 Å². The number of amides is 3. The molecule has 0 heterocycles. The van der Waals surface area contributed by atoms with Crippen LogP contribution >= 0.6 is 0 Å². The monoisotopic (exact) mass is 613 g/mol. The van der Waals surface area contributed by atoms with Gasteiger partial charge < -0.3 is 31.5 Å². The van der Waals surface area contributed by atoms with Crippen molar-refractivity contribution in [3.05, 3.63) is 65.2 Å². The van der Waals surface area contributed by atoms with E-state index in [1.54, 1.807) is 18.2 Å². The summed E-state index contributed by atoms with van der Waals surface area (Å²) in [6.07, 6.45) is -7.94. The second kappa shape index (κ2) is 14.7. The summed E-state index contributed by atoms with van der Waals surface area (Å²) < 4.78 is 71.9. The third-order valence-electron chi connectivity index (χ3n) is 6.34. The van der Waals surface area contributed by atoms with Crippen LogP contribution in [0.25, 0.3) is 0 Å². The van der Waals surface area contributed by atoms with Crippen molar-refractivity contribution in [1.82, 2.24) is 16.0 Å². The van der Waals surface area contributed by atoms with E-state index < -0.39 is 66.5 Å². The zero-order valence-corrected chi connectivity index (χ0v) is 23.4. The number of nitrogens with two attached hydrogens (primary N) is 1. The van der Waals surface area contributed by atoms with Crippen molar-refractivity contribution in [3.63, 3.8) is 0 Å². The molecule has 15 heteroatoms. The van der Waals surface area contributed by atoms with Gasteiger partial charge in [-0.3, -0.25) is 14.4 Å². The highest BCUT2D eigenvalue weighted by atomic mass is 19.4. The first kappa shape index (κ1) is 34.9. The van der Waals surface area contributed by atoms with Gasteiger partial charge in [-0.05, 0) is 47.7 Å². The highest BCUT2D eigenvalue weighted by Gasteiger charge is 2.52. The van der Waals surface area contributed by atoms with E-state index in [4.69, 9.17) is 15.7 Å². The topological polar surface area (TPSA) is 167 Å². The number of nitrogens with one attached hydrogen (secondary N) is 3. The van der Waals surface area contributed by atoms with Crippen molar-refractivity contribution in [3.8, 4) is 11.8 Å². The zero-order chi connectivity index (χ0) is 32.5. The standard InChI is InChI=1S/C28H32F5N5O5/c1-15(2)21(23(39)28(32,33)26(42)36-14-27(29,30)31)37-25(41)22(18-7-9-19(43-3)10-8-18)38-24(40)20(35)12-16-5-4-6-17(11-16)13-34/h4-11,15,20-23,39H,12,14,35H2,1-3H3,(H,36,42)(H,37,41)(H,38,40). The van der Waals surface area contributed by atoms with Gasteiger partial charge in [0, 0.05) is 0 Å². The lowest BCUT2D eigenvalue weighted by atomic mass is 9.92. The molecule has 10 nitrogen and oxygen atoms in total. The van der Waals surface area contributed by atoms with Gasteiger partial charge >= 0.3 is 12.1 Å². The maximum Gasteiger partial charge on any atom is 0.405 e. The summed E-state index contributed by atoms with van der Waals surface area (Å²) in [5.41, 5.74) is 7.11. The third-order valence-corrected chi connectivity index (χ3v) is 6.34. The molecule has 0 aliphatic rings. The fourth-order valence-electron chi connectivity index (χ4n) is 3.98. The summed E-state index contributed by atoms with van der Waals surface area (Å²) in [4.78, 5) is 38.3. The minimum atomic E-state index is -4.98. The van der Waals surface area contributed by atoms with Crippen LogP contribution in [-0.2, 0) is 20.8 Å². The molecule has 4 unspecified atom stereocenters. The predicted octanol–water partition coefficient (Wildman–Crippen LogP) is 2.11. The summed E-state index contributed by atoms with van der Waals surface area (Å²) in [7, 11) is 1.39. The van der Waals surface area contributed by atoms with Gasteiger partial charge in [-0.1, -0.05) is 38.1 Å². The number of hydrogen-bond donors (Lipinski definition) is 5. The fraction of sp³-hybridized carbons (Fsp3) is 0.429. The quantitative estimate of drug-likeness (QED) is 0.216. The maximum absolute atomic E-state index is 14.7. The van der Waals surface area contributed by atoms with Crippen LogP contribution in [0.1, 0.15) is 36.6 Å². The molecule has 0 spiro atoms. The Morgan fingerprint density at radius 3 is 2.19 bits per heavy atom. The molecular formula is C28H32F5N5O5. The molecule has 0 saturated heterocycles. The Kier molecular flexibility index (Phi) is 12.0. The van der Waals surface area contributed by atoms with Gasteiger partial charge in [0.05, 0.1) is 30.8 Å².